The van der Waals surface area contributed by atoms with E-state index in [1.165, 1.54) is 44.9 Å². The summed E-state index contributed by atoms with van der Waals surface area (Å²) in [4.78, 5) is 12.9. The monoisotopic (exact) mass is 402 g/mol. The fourth-order valence-corrected chi connectivity index (χ4v) is 6.94. The van der Waals surface area contributed by atoms with Crippen molar-refractivity contribution in [2.45, 2.75) is 57.4 Å². The van der Waals surface area contributed by atoms with Gasteiger partial charge in [-0.25, -0.2) is 0 Å². The second-order valence-corrected chi connectivity index (χ2v) is 10.3. The molecule has 1 aromatic rings. The van der Waals surface area contributed by atoms with Crippen molar-refractivity contribution < 1.29 is 9.53 Å². The molecule has 4 bridgehead atoms. The number of hydrogen-bond acceptors (Lipinski definition) is 3. The predicted octanol–water partition coefficient (Wildman–Crippen LogP) is 4.42. The number of carbonyl (C=O) groups excluding carboxylic acids is 1. The number of hydrogen-bond donors (Lipinski definition) is 2. The van der Waals surface area contributed by atoms with Crippen LogP contribution in [0.15, 0.2) is 18.2 Å². The van der Waals surface area contributed by atoms with Gasteiger partial charge in [-0.15, -0.1) is 0 Å². The van der Waals surface area contributed by atoms with Crippen LogP contribution in [-0.2, 0) is 0 Å². The number of nitrogens with one attached hydrogen (secondary N) is 2. The van der Waals surface area contributed by atoms with Gasteiger partial charge in [-0.3, -0.25) is 4.79 Å². The van der Waals surface area contributed by atoms with E-state index in [0.717, 1.165) is 43.0 Å². The van der Waals surface area contributed by atoms with Gasteiger partial charge in [0.2, 0.25) is 0 Å². The highest BCUT2D eigenvalue weighted by molar-refractivity contribution is 6.33. The molecule has 1 aliphatic heterocycles. The van der Waals surface area contributed by atoms with E-state index in [9.17, 15) is 4.79 Å². The van der Waals surface area contributed by atoms with Crippen LogP contribution < -0.4 is 15.4 Å². The van der Waals surface area contributed by atoms with Gasteiger partial charge in [0.05, 0.1) is 10.6 Å². The summed E-state index contributed by atoms with van der Waals surface area (Å²) in [6, 6.07) is 5.84. The van der Waals surface area contributed by atoms with E-state index in [1.54, 1.807) is 12.1 Å². The molecule has 2 N–H and O–H groups in total. The molecule has 4 aliphatic carbocycles. The molecule has 5 fully saturated rings. The van der Waals surface area contributed by atoms with Crippen molar-refractivity contribution in [3.8, 4) is 5.75 Å². The SMILES string of the molecule is O=C(NCC12CC3CC(CC(C3)C1)C2)c1cc(OC[C@H]2CCCN2)ccc1Cl. The highest BCUT2D eigenvalue weighted by atomic mass is 35.5. The molecule has 6 rings (SSSR count). The Kier molecular flexibility index (Phi) is 5.04. The van der Waals surface area contributed by atoms with Crippen LogP contribution in [0.3, 0.4) is 0 Å². The van der Waals surface area contributed by atoms with Crippen molar-refractivity contribution in [3.63, 3.8) is 0 Å². The van der Waals surface area contributed by atoms with Crippen molar-refractivity contribution in [1.29, 1.82) is 0 Å². The third-order valence-electron chi connectivity index (χ3n) is 7.59. The van der Waals surface area contributed by atoms with Crippen molar-refractivity contribution in [2.24, 2.45) is 23.2 Å². The Hall–Kier alpha value is -1.26. The normalized spacial score (nSPS) is 35.9. The lowest BCUT2D eigenvalue weighted by molar-refractivity contribution is -0.0503. The maximum atomic E-state index is 12.9. The molecule has 1 aromatic carbocycles. The van der Waals surface area contributed by atoms with Crippen LogP contribution in [0.25, 0.3) is 0 Å². The summed E-state index contributed by atoms with van der Waals surface area (Å²) in [5.74, 6) is 3.34. The van der Waals surface area contributed by atoms with Crippen LogP contribution >= 0.6 is 11.6 Å². The van der Waals surface area contributed by atoms with Gasteiger partial charge in [-0.2, -0.15) is 0 Å². The fourth-order valence-electron chi connectivity index (χ4n) is 6.73. The van der Waals surface area contributed by atoms with E-state index in [-0.39, 0.29) is 5.91 Å². The average molecular weight is 403 g/mol. The van der Waals surface area contributed by atoms with Gasteiger partial charge < -0.3 is 15.4 Å². The summed E-state index contributed by atoms with van der Waals surface area (Å²) < 4.78 is 5.91. The molecule has 4 saturated carbocycles. The molecule has 152 valence electrons. The zero-order valence-electron chi connectivity index (χ0n) is 16.5. The van der Waals surface area contributed by atoms with Gasteiger partial charge in [0.25, 0.3) is 5.91 Å². The first-order valence-electron chi connectivity index (χ1n) is 11.0. The van der Waals surface area contributed by atoms with E-state index in [2.05, 4.69) is 10.6 Å². The van der Waals surface area contributed by atoms with Crippen LogP contribution in [0.1, 0.15) is 61.7 Å². The molecule has 0 unspecified atom stereocenters. The highest BCUT2D eigenvalue weighted by Gasteiger charge is 2.50. The predicted molar refractivity (Wildman–Crippen MR) is 111 cm³/mol. The molecule has 0 aromatic heterocycles. The zero-order chi connectivity index (χ0) is 19.1. The van der Waals surface area contributed by atoms with Crippen molar-refractivity contribution in [3.05, 3.63) is 28.8 Å². The Labute approximate surface area is 172 Å². The van der Waals surface area contributed by atoms with Crippen LogP contribution in [0.5, 0.6) is 5.75 Å². The molecule has 1 saturated heterocycles. The first kappa shape index (κ1) is 18.7. The largest absolute Gasteiger partial charge is 0.492 e. The van der Waals surface area contributed by atoms with Gasteiger partial charge in [-0.05, 0) is 99.3 Å². The molecule has 28 heavy (non-hydrogen) atoms. The Morgan fingerprint density at radius 2 is 1.89 bits per heavy atom. The Bertz CT molecular complexity index is 709. The lowest BCUT2D eigenvalue weighted by atomic mass is 9.49. The Morgan fingerprint density at radius 3 is 2.54 bits per heavy atom. The van der Waals surface area contributed by atoms with E-state index in [4.69, 9.17) is 16.3 Å². The fraction of sp³-hybridized carbons (Fsp3) is 0.696. The molecule has 1 amide bonds. The molecule has 5 aliphatic rings. The summed E-state index contributed by atoms with van der Waals surface area (Å²) in [7, 11) is 0. The molecule has 0 spiro atoms. The number of benzene rings is 1. The van der Waals surface area contributed by atoms with Gasteiger partial charge >= 0.3 is 0 Å². The lowest BCUT2D eigenvalue weighted by Crippen LogP contribution is -2.51. The molecule has 1 heterocycles. The quantitative estimate of drug-likeness (QED) is 0.740. The summed E-state index contributed by atoms with van der Waals surface area (Å²) in [5, 5.41) is 7.15. The van der Waals surface area contributed by atoms with Crippen molar-refractivity contribution >= 4 is 17.5 Å². The first-order chi connectivity index (χ1) is 13.6. The second kappa shape index (κ2) is 7.53. The van der Waals surface area contributed by atoms with Gasteiger partial charge in [0.1, 0.15) is 12.4 Å². The van der Waals surface area contributed by atoms with E-state index in [0.29, 0.717) is 28.6 Å². The molecule has 0 radical (unpaired) electrons. The molecule has 5 heteroatoms. The number of halogens is 1. The summed E-state index contributed by atoms with van der Waals surface area (Å²) in [5.41, 5.74) is 0.863. The maximum Gasteiger partial charge on any atom is 0.252 e. The zero-order valence-corrected chi connectivity index (χ0v) is 17.3. The smallest absolute Gasteiger partial charge is 0.252 e. The minimum Gasteiger partial charge on any atom is -0.492 e. The van der Waals surface area contributed by atoms with Crippen LogP contribution in [0.2, 0.25) is 5.02 Å². The van der Waals surface area contributed by atoms with Crippen LogP contribution in [0, 0.1) is 23.2 Å². The summed E-state index contributed by atoms with van der Waals surface area (Å²) >= 11 is 6.34. The molecular weight excluding hydrogens is 372 g/mol. The van der Waals surface area contributed by atoms with Gasteiger partial charge in [0.15, 0.2) is 0 Å². The van der Waals surface area contributed by atoms with Gasteiger partial charge in [-0.1, -0.05) is 11.6 Å². The Morgan fingerprint density at radius 1 is 1.18 bits per heavy atom. The number of amides is 1. The number of ether oxygens (including phenoxy) is 1. The van der Waals surface area contributed by atoms with Gasteiger partial charge in [0, 0.05) is 12.6 Å². The number of carbonyl (C=O) groups is 1. The van der Waals surface area contributed by atoms with E-state index in [1.807, 2.05) is 6.07 Å². The maximum absolute atomic E-state index is 12.9. The first-order valence-corrected chi connectivity index (χ1v) is 11.4. The van der Waals surface area contributed by atoms with E-state index >= 15 is 0 Å². The standard InChI is InChI=1S/C23H31ClN2O2/c24-21-4-3-19(28-13-18-2-1-5-25-18)9-20(21)22(27)26-14-23-10-15-6-16(11-23)8-17(7-15)12-23/h3-4,9,15-18,25H,1-2,5-8,10-14H2,(H,26,27)/t15?,16?,17?,18-,23?/m1/s1. The summed E-state index contributed by atoms with van der Waals surface area (Å²) in [6.45, 7) is 2.49. The minimum atomic E-state index is -0.0646. The molecule has 4 nitrogen and oxygen atoms in total. The Balaban J connectivity index is 1.22. The van der Waals surface area contributed by atoms with Crippen LogP contribution in [0.4, 0.5) is 0 Å². The molecular formula is C23H31ClN2O2. The third kappa shape index (κ3) is 3.78. The van der Waals surface area contributed by atoms with Crippen LogP contribution in [-0.4, -0.2) is 31.6 Å². The molecule has 1 atom stereocenters. The third-order valence-corrected chi connectivity index (χ3v) is 7.91. The summed E-state index contributed by atoms with van der Waals surface area (Å²) in [6.07, 6.45) is 10.5. The average Bonchev–Trinajstić information content (AvgIpc) is 3.18. The van der Waals surface area contributed by atoms with Crippen molar-refractivity contribution in [2.75, 3.05) is 19.7 Å². The lowest BCUT2D eigenvalue weighted by Gasteiger charge is -2.56. The number of rotatable bonds is 6. The van der Waals surface area contributed by atoms with E-state index < -0.39 is 0 Å². The second-order valence-electron chi connectivity index (χ2n) is 9.85. The topological polar surface area (TPSA) is 50.4 Å². The highest BCUT2D eigenvalue weighted by Crippen LogP contribution is 2.59. The van der Waals surface area contributed by atoms with Crippen molar-refractivity contribution in [1.82, 2.24) is 10.6 Å². The minimum absolute atomic E-state index is 0.0646.